The van der Waals surface area contributed by atoms with Crippen molar-refractivity contribution >= 4 is 5.96 Å². The largest absolute Gasteiger partial charge is 0.354 e. The fourth-order valence-corrected chi connectivity index (χ4v) is 2.30. The Labute approximate surface area is 134 Å². The lowest BCUT2D eigenvalue weighted by Crippen LogP contribution is -2.42. The van der Waals surface area contributed by atoms with Gasteiger partial charge in [0.15, 0.2) is 5.96 Å². The second kappa shape index (κ2) is 10.2. The average molecular weight is 309 g/mol. The normalized spacial score (nSPS) is 13.5. The van der Waals surface area contributed by atoms with Crippen LogP contribution in [-0.4, -0.2) is 58.3 Å². The molecule has 0 aliphatic carbocycles. The van der Waals surface area contributed by atoms with Crippen LogP contribution in [-0.2, 0) is 13.6 Å². The van der Waals surface area contributed by atoms with E-state index in [0.29, 0.717) is 12.6 Å². The molecule has 0 radical (unpaired) electrons. The van der Waals surface area contributed by atoms with Gasteiger partial charge in [0.05, 0.1) is 6.54 Å². The molecule has 22 heavy (non-hydrogen) atoms. The maximum absolute atomic E-state index is 4.26. The zero-order valence-electron chi connectivity index (χ0n) is 14.6. The van der Waals surface area contributed by atoms with Crippen LogP contribution < -0.4 is 10.6 Å². The third-order valence-corrected chi connectivity index (χ3v) is 3.83. The Bertz CT molecular complexity index is 437. The minimum absolute atomic E-state index is 0.390. The quantitative estimate of drug-likeness (QED) is 0.526. The number of rotatable bonds is 9. The van der Waals surface area contributed by atoms with Crippen LogP contribution >= 0.6 is 0 Å². The highest BCUT2D eigenvalue weighted by Crippen LogP contribution is 2.00. The first-order chi connectivity index (χ1) is 10.6. The Kier molecular flexibility index (Phi) is 8.50. The molecule has 0 amide bonds. The van der Waals surface area contributed by atoms with Gasteiger partial charge in [-0.15, -0.1) is 0 Å². The Morgan fingerprint density at radius 3 is 2.68 bits per heavy atom. The number of hydrogen-bond donors (Lipinski definition) is 2. The van der Waals surface area contributed by atoms with E-state index in [9.17, 15) is 0 Å². The third-order valence-electron chi connectivity index (χ3n) is 3.83. The van der Waals surface area contributed by atoms with Crippen molar-refractivity contribution in [1.82, 2.24) is 30.3 Å². The van der Waals surface area contributed by atoms with Gasteiger partial charge in [0, 0.05) is 20.1 Å². The van der Waals surface area contributed by atoms with Gasteiger partial charge in [0.1, 0.15) is 12.2 Å². The lowest BCUT2D eigenvalue weighted by molar-refractivity contribution is 0.292. The highest BCUT2D eigenvalue weighted by molar-refractivity contribution is 5.79. The minimum Gasteiger partial charge on any atom is -0.354 e. The zero-order chi connectivity index (χ0) is 16.4. The van der Waals surface area contributed by atoms with Crippen molar-refractivity contribution in [2.24, 2.45) is 12.0 Å². The molecule has 0 saturated carbocycles. The fourth-order valence-electron chi connectivity index (χ4n) is 2.30. The van der Waals surface area contributed by atoms with Crippen molar-refractivity contribution in [3.8, 4) is 0 Å². The van der Waals surface area contributed by atoms with Gasteiger partial charge in [0.2, 0.25) is 0 Å². The molecule has 7 nitrogen and oxygen atoms in total. The first kappa shape index (κ1) is 18.4. The van der Waals surface area contributed by atoms with Crippen molar-refractivity contribution in [2.75, 3.05) is 26.7 Å². The monoisotopic (exact) mass is 309 g/mol. The highest BCUT2D eigenvalue weighted by atomic mass is 15.3. The van der Waals surface area contributed by atoms with Crippen LogP contribution in [0.2, 0.25) is 0 Å². The zero-order valence-corrected chi connectivity index (χ0v) is 14.6. The molecule has 1 atom stereocenters. The molecule has 2 N–H and O–H groups in total. The van der Waals surface area contributed by atoms with Crippen LogP contribution in [0.5, 0.6) is 0 Å². The standard InChI is InChI=1S/C15H31N7/c1-6-22(7-2)10-8-9-13(3)20-15(16-4)17-11-14-18-12-19-21(14)5/h12-13H,6-11H2,1-5H3,(H2,16,17,20). The van der Waals surface area contributed by atoms with E-state index < -0.39 is 0 Å². The van der Waals surface area contributed by atoms with E-state index in [1.807, 2.05) is 7.05 Å². The summed E-state index contributed by atoms with van der Waals surface area (Å²) in [5.74, 6) is 1.69. The van der Waals surface area contributed by atoms with Crippen molar-refractivity contribution in [3.63, 3.8) is 0 Å². The first-order valence-corrected chi connectivity index (χ1v) is 8.13. The van der Waals surface area contributed by atoms with Crippen molar-refractivity contribution in [1.29, 1.82) is 0 Å². The Morgan fingerprint density at radius 1 is 1.41 bits per heavy atom. The molecule has 1 unspecified atom stereocenters. The van der Waals surface area contributed by atoms with E-state index in [4.69, 9.17) is 0 Å². The number of aryl methyl sites for hydroxylation is 1. The second-order valence-electron chi connectivity index (χ2n) is 5.44. The van der Waals surface area contributed by atoms with Crippen LogP contribution in [0.25, 0.3) is 0 Å². The van der Waals surface area contributed by atoms with E-state index in [1.54, 1.807) is 18.1 Å². The van der Waals surface area contributed by atoms with Crippen molar-refractivity contribution < 1.29 is 0 Å². The smallest absolute Gasteiger partial charge is 0.191 e. The molecule has 1 aromatic rings. The van der Waals surface area contributed by atoms with Gasteiger partial charge in [-0.1, -0.05) is 13.8 Å². The van der Waals surface area contributed by atoms with E-state index in [0.717, 1.165) is 37.8 Å². The SMILES string of the molecule is CCN(CC)CCCC(C)NC(=NC)NCc1ncnn1C. The van der Waals surface area contributed by atoms with Gasteiger partial charge >= 0.3 is 0 Å². The number of aromatic nitrogens is 3. The predicted molar refractivity (Wildman–Crippen MR) is 90.8 cm³/mol. The molecule has 0 aliphatic rings. The molecule has 0 aromatic carbocycles. The van der Waals surface area contributed by atoms with Gasteiger partial charge < -0.3 is 15.5 Å². The van der Waals surface area contributed by atoms with Gasteiger partial charge in [-0.05, 0) is 39.4 Å². The van der Waals surface area contributed by atoms with Crippen LogP contribution in [0.1, 0.15) is 39.4 Å². The summed E-state index contributed by atoms with van der Waals surface area (Å²) in [4.78, 5) is 10.9. The number of nitrogens with zero attached hydrogens (tertiary/aromatic N) is 5. The molecule has 126 valence electrons. The van der Waals surface area contributed by atoms with Gasteiger partial charge in [-0.3, -0.25) is 9.67 Å². The Balaban J connectivity index is 2.28. The number of hydrogen-bond acceptors (Lipinski definition) is 4. The summed E-state index contributed by atoms with van der Waals surface area (Å²) in [5.41, 5.74) is 0. The van der Waals surface area contributed by atoms with Gasteiger partial charge in [-0.2, -0.15) is 5.10 Å². The lowest BCUT2D eigenvalue weighted by Gasteiger charge is -2.21. The van der Waals surface area contributed by atoms with E-state index >= 15 is 0 Å². The minimum atomic E-state index is 0.390. The number of aliphatic imine (C=N–C) groups is 1. The Morgan fingerprint density at radius 2 is 2.14 bits per heavy atom. The van der Waals surface area contributed by atoms with E-state index in [1.165, 1.54) is 6.42 Å². The van der Waals surface area contributed by atoms with E-state index in [2.05, 4.69) is 51.4 Å². The summed E-state index contributed by atoms with van der Waals surface area (Å²) < 4.78 is 1.76. The van der Waals surface area contributed by atoms with E-state index in [-0.39, 0.29) is 0 Å². The van der Waals surface area contributed by atoms with Gasteiger partial charge in [-0.25, -0.2) is 4.98 Å². The number of nitrogens with one attached hydrogen (secondary N) is 2. The maximum atomic E-state index is 4.26. The fraction of sp³-hybridized carbons (Fsp3) is 0.800. The number of guanidine groups is 1. The molecule has 1 heterocycles. The van der Waals surface area contributed by atoms with Crippen molar-refractivity contribution in [3.05, 3.63) is 12.2 Å². The molecule has 7 heteroatoms. The molecule has 0 bridgehead atoms. The maximum Gasteiger partial charge on any atom is 0.191 e. The molecule has 0 spiro atoms. The summed E-state index contributed by atoms with van der Waals surface area (Å²) >= 11 is 0. The van der Waals surface area contributed by atoms with Crippen LogP contribution in [0.15, 0.2) is 11.3 Å². The topological polar surface area (TPSA) is 70.4 Å². The predicted octanol–water partition coefficient (Wildman–Crippen LogP) is 0.991. The van der Waals surface area contributed by atoms with Crippen LogP contribution in [0.3, 0.4) is 0 Å². The Hall–Kier alpha value is -1.63. The molecular weight excluding hydrogens is 278 g/mol. The van der Waals surface area contributed by atoms with Crippen LogP contribution in [0.4, 0.5) is 0 Å². The van der Waals surface area contributed by atoms with Gasteiger partial charge in [0.25, 0.3) is 0 Å². The molecule has 0 aliphatic heterocycles. The molecule has 0 fully saturated rings. The molecule has 0 saturated heterocycles. The first-order valence-electron chi connectivity index (χ1n) is 8.13. The lowest BCUT2D eigenvalue weighted by atomic mass is 10.2. The summed E-state index contributed by atoms with van der Waals surface area (Å²) in [7, 11) is 3.67. The second-order valence-corrected chi connectivity index (χ2v) is 5.44. The summed E-state index contributed by atoms with van der Waals surface area (Å²) in [6.45, 7) is 10.6. The van der Waals surface area contributed by atoms with Crippen molar-refractivity contribution in [2.45, 2.75) is 46.2 Å². The average Bonchev–Trinajstić information content (AvgIpc) is 2.93. The molecule has 1 rings (SSSR count). The van der Waals surface area contributed by atoms with Crippen LogP contribution in [0, 0.1) is 0 Å². The summed E-state index contributed by atoms with van der Waals surface area (Å²) in [6.07, 6.45) is 3.88. The summed E-state index contributed by atoms with van der Waals surface area (Å²) in [5, 5.41) is 10.7. The molecular formula is C15H31N7. The third kappa shape index (κ3) is 6.43. The molecule has 1 aromatic heterocycles. The highest BCUT2D eigenvalue weighted by Gasteiger charge is 2.07. The summed E-state index contributed by atoms with van der Waals surface area (Å²) in [6, 6.07) is 0.390.